The molecule has 3 aromatic rings. The monoisotopic (exact) mass is 310 g/mol. The average molecular weight is 310 g/mol. The number of hydrogen-bond donors (Lipinski definition) is 2. The minimum Gasteiger partial charge on any atom is -0.346 e. The molecule has 0 saturated carbocycles. The van der Waals surface area contributed by atoms with Crippen LogP contribution in [0.15, 0.2) is 47.5 Å². The van der Waals surface area contributed by atoms with Gasteiger partial charge in [-0.1, -0.05) is 6.07 Å². The number of nitrogens with one attached hydrogen (secondary N) is 2. The quantitative estimate of drug-likeness (QED) is 0.733. The van der Waals surface area contributed by atoms with E-state index in [1.165, 1.54) is 23.0 Å². The second-order valence-corrected chi connectivity index (χ2v) is 4.84. The Labute approximate surface area is 131 Å². The van der Waals surface area contributed by atoms with E-state index in [1.54, 1.807) is 13.1 Å². The topological polar surface area (TPSA) is 106 Å². The Bertz CT molecular complexity index is 864. The minimum atomic E-state index is -0.299. The van der Waals surface area contributed by atoms with Crippen molar-refractivity contribution in [1.82, 2.24) is 30.3 Å². The molecule has 0 aromatic carbocycles. The lowest BCUT2D eigenvalue weighted by Gasteiger charge is -2.05. The van der Waals surface area contributed by atoms with Crippen LogP contribution in [0.3, 0.4) is 0 Å². The Balaban J connectivity index is 1.77. The first-order valence-corrected chi connectivity index (χ1v) is 6.94. The van der Waals surface area contributed by atoms with Gasteiger partial charge in [0.2, 0.25) is 0 Å². The number of carbonyl (C=O) groups excluding carboxylic acids is 1. The fraction of sp³-hybridized carbons (Fsp3) is 0.133. The third-order valence-electron chi connectivity index (χ3n) is 3.29. The zero-order valence-electron chi connectivity index (χ0n) is 12.4. The van der Waals surface area contributed by atoms with Gasteiger partial charge in [0.05, 0.1) is 29.7 Å². The summed E-state index contributed by atoms with van der Waals surface area (Å²) in [5.74, 6) is 0.190. The van der Waals surface area contributed by atoms with E-state index in [0.717, 1.165) is 5.69 Å². The Kier molecular flexibility index (Phi) is 3.96. The summed E-state index contributed by atoms with van der Waals surface area (Å²) in [4.78, 5) is 27.5. The summed E-state index contributed by atoms with van der Waals surface area (Å²) in [6, 6.07) is 8.40. The van der Waals surface area contributed by atoms with Gasteiger partial charge in [-0.15, -0.1) is 0 Å². The Morgan fingerprint density at radius 3 is 2.87 bits per heavy atom. The van der Waals surface area contributed by atoms with Crippen molar-refractivity contribution in [2.24, 2.45) is 0 Å². The van der Waals surface area contributed by atoms with E-state index in [2.05, 4.69) is 25.6 Å². The number of carbonyl (C=O) groups is 1. The summed E-state index contributed by atoms with van der Waals surface area (Å²) in [6.45, 7) is 2.09. The molecule has 3 aromatic heterocycles. The summed E-state index contributed by atoms with van der Waals surface area (Å²) in [5.41, 5.74) is 1.54. The van der Waals surface area contributed by atoms with Crippen LogP contribution in [0.2, 0.25) is 0 Å². The average Bonchev–Trinajstić information content (AvgIpc) is 2.96. The van der Waals surface area contributed by atoms with Gasteiger partial charge >= 0.3 is 0 Å². The van der Waals surface area contributed by atoms with Crippen molar-refractivity contribution in [3.8, 4) is 5.82 Å². The summed E-state index contributed by atoms with van der Waals surface area (Å²) in [6.07, 6.45) is 3.14. The van der Waals surface area contributed by atoms with Crippen LogP contribution in [0.1, 0.15) is 21.7 Å². The fourth-order valence-corrected chi connectivity index (χ4v) is 2.09. The second-order valence-electron chi connectivity index (χ2n) is 4.84. The molecule has 2 N–H and O–H groups in total. The van der Waals surface area contributed by atoms with E-state index in [-0.39, 0.29) is 11.5 Å². The first kappa shape index (κ1) is 14.6. The molecular weight excluding hydrogens is 296 g/mol. The summed E-state index contributed by atoms with van der Waals surface area (Å²) >= 11 is 0. The highest BCUT2D eigenvalue weighted by Crippen LogP contribution is 2.11. The third kappa shape index (κ3) is 3.15. The number of hydrogen-bond acceptors (Lipinski definition) is 5. The maximum atomic E-state index is 12.3. The normalized spacial score (nSPS) is 10.5. The van der Waals surface area contributed by atoms with Crippen molar-refractivity contribution >= 4 is 5.91 Å². The van der Waals surface area contributed by atoms with Gasteiger partial charge in [0.15, 0.2) is 5.82 Å². The predicted molar refractivity (Wildman–Crippen MR) is 82.1 cm³/mol. The third-order valence-corrected chi connectivity index (χ3v) is 3.29. The molecule has 8 heteroatoms. The van der Waals surface area contributed by atoms with Crippen LogP contribution in [0, 0.1) is 6.92 Å². The molecule has 0 aliphatic rings. The Morgan fingerprint density at radius 2 is 2.17 bits per heavy atom. The van der Waals surface area contributed by atoms with Gasteiger partial charge in [0, 0.05) is 12.3 Å². The highest BCUT2D eigenvalue weighted by Gasteiger charge is 2.15. The van der Waals surface area contributed by atoms with E-state index >= 15 is 0 Å². The van der Waals surface area contributed by atoms with Gasteiger partial charge < -0.3 is 5.32 Å². The lowest BCUT2D eigenvalue weighted by molar-refractivity contribution is 0.0950. The van der Waals surface area contributed by atoms with Crippen LogP contribution in [0.5, 0.6) is 0 Å². The molecule has 23 heavy (non-hydrogen) atoms. The molecule has 3 rings (SSSR count). The van der Waals surface area contributed by atoms with Crippen LogP contribution in [0.25, 0.3) is 5.82 Å². The molecule has 0 saturated heterocycles. The molecule has 1 amide bonds. The molecular formula is C15H14N6O2. The number of H-pyrrole nitrogens is 1. The van der Waals surface area contributed by atoms with Crippen molar-refractivity contribution in [3.63, 3.8) is 0 Å². The van der Waals surface area contributed by atoms with Crippen molar-refractivity contribution in [2.45, 2.75) is 13.5 Å². The summed E-state index contributed by atoms with van der Waals surface area (Å²) < 4.78 is 1.49. The van der Waals surface area contributed by atoms with Gasteiger partial charge in [0.25, 0.3) is 11.5 Å². The predicted octanol–water partition coefficient (Wildman–Crippen LogP) is 0.589. The number of pyridine rings is 1. The Morgan fingerprint density at radius 1 is 1.30 bits per heavy atom. The largest absolute Gasteiger partial charge is 0.346 e. The SMILES string of the molecule is Cc1c(C(=O)NCc2ccccn2)cnn1-c1ccc(=O)[nH]n1. The van der Waals surface area contributed by atoms with Crippen molar-refractivity contribution in [2.75, 3.05) is 0 Å². The van der Waals surface area contributed by atoms with Gasteiger partial charge in [0.1, 0.15) is 0 Å². The highest BCUT2D eigenvalue weighted by molar-refractivity contribution is 5.95. The zero-order chi connectivity index (χ0) is 16.2. The first-order valence-electron chi connectivity index (χ1n) is 6.94. The van der Waals surface area contributed by atoms with Gasteiger partial charge in [-0.3, -0.25) is 14.6 Å². The smallest absolute Gasteiger partial charge is 0.264 e. The van der Waals surface area contributed by atoms with Gasteiger partial charge in [-0.05, 0) is 25.1 Å². The number of aromatic amines is 1. The summed E-state index contributed by atoms with van der Waals surface area (Å²) in [5, 5.41) is 13.2. The zero-order valence-corrected chi connectivity index (χ0v) is 12.4. The molecule has 0 spiro atoms. The van der Waals surface area contributed by atoms with Crippen LogP contribution in [-0.2, 0) is 6.54 Å². The lowest BCUT2D eigenvalue weighted by Crippen LogP contribution is -2.23. The number of rotatable bonds is 4. The highest BCUT2D eigenvalue weighted by atomic mass is 16.1. The lowest BCUT2D eigenvalue weighted by atomic mass is 10.2. The number of nitrogens with zero attached hydrogens (tertiary/aromatic N) is 4. The van der Waals surface area contributed by atoms with Crippen molar-refractivity contribution in [3.05, 3.63) is 70.0 Å². The second kappa shape index (κ2) is 6.22. The molecule has 8 nitrogen and oxygen atoms in total. The van der Waals surface area contributed by atoms with Gasteiger partial charge in [-0.2, -0.15) is 10.2 Å². The fourth-order valence-electron chi connectivity index (χ4n) is 2.09. The first-order chi connectivity index (χ1) is 11.1. The number of aromatic nitrogens is 5. The molecule has 116 valence electrons. The molecule has 0 fully saturated rings. The number of amides is 1. The molecule has 0 bridgehead atoms. The van der Waals surface area contributed by atoms with E-state index in [9.17, 15) is 9.59 Å². The van der Waals surface area contributed by atoms with Gasteiger partial charge in [-0.25, -0.2) is 9.78 Å². The van der Waals surface area contributed by atoms with Crippen LogP contribution in [-0.4, -0.2) is 30.9 Å². The van der Waals surface area contributed by atoms with E-state index in [1.807, 2.05) is 18.2 Å². The maximum Gasteiger partial charge on any atom is 0.264 e. The van der Waals surface area contributed by atoms with Crippen LogP contribution < -0.4 is 10.9 Å². The standard InChI is InChI=1S/C15H14N6O2/c1-10-12(15(23)17-8-11-4-2-3-7-16-11)9-18-21(10)13-5-6-14(22)20-19-13/h2-7,9H,8H2,1H3,(H,17,23)(H,20,22). The molecule has 0 unspecified atom stereocenters. The van der Waals surface area contributed by atoms with E-state index < -0.39 is 0 Å². The van der Waals surface area contributed by atoms with Crippen molar-refractivity contribution < 1.29 is 4.79 Å². The molecule has 3 heterocycles. The van der Waals surface area contributed by atoms with Crippen LogP contribution in [0.4, 0.5) is 0 Å². The van der Waals surface area contributed by atoms with E-state index in [0.29, 0.717) is 23.6 Å². The summed E-state index contributed by atoms with van der Waals surface area (Å²) in [7, 11) is 0. The molecule has 0 radical (unpaired) electrons. The maximum absolute atomic E-state index is 12.3. The Hall–Kier alpha value is -3.29. The van der Waals surface area contributed by atoms with Crippen LogP contribution >= 0.6 is 0 Å². The molecule has 0 aliphatic carbocycles. The molecule has 0 aliphatic heterocycles. The van der Waals surface area contributed by atoms with Crippen molar-refractivity contribution in [1.29, 1.82) is 0 Å². The molecule has 0 atom stereocenters. The van der Waals surface area contributed by atoms with E-state index in [4.69, 9.17) is 0 Å². The minimum absolute atomic E-state index is 0.246.